The van der Waals surface area contributed by atoms with Gasteiger partial charge in [-0.25, -0.2) is 0 Å². The number of fused-ring (bicyclic) bond motifs is 1. The number of hydrogen-bond donors (Lipinski definition) is 1. The Morgan fingerprint density at radius 2 is 1.95 bits per heavy atom. The van der Waals surface area contributed by atoms with Crippen LogP contribution in [0.25, 0.3) is 0 Å². The molecule has 2 nitrogen and oxygen atoms in total. The van der Waals surface area contributed by atoms with Crippen molar-refractivity contribution in [3.63, 3.8) is 0 Å². The quantitative estimate of drug-likeness (QED) is 0.819. The minimum atomic E-state index is -0.523. The maximum Gasteiger partial charge on any atom is 0.128 e. The molecule has 1 aliphatic rings. The van der Waals surface area contributed by atoms with Crippen molar-refractivity contribution in [3.05, 3.63) is 63.1 Å². The number of halogens is 2. The summed E-state index contributed by atoms with van der Waals surface area (Å²) < 4.78 is 6.91. The molecule has 1 unspecified atom stereocenters. The highest BCUT2D eigenvalue weighted by Gasteiger charge is 2.28. The summed E-state index contributed by atoms with van der Waals surface area (Å²) in [6, 6.07) is 13.2. The molecule has 2 aromatic carbocycles. The van der Waals surface area contributed by atoms with Gasteiger partial charge >= 0.3 is 0 Å². The van der Waals surface area contributed by atoms with E-state index in [0.29, 0.717) is 11.4 Å². The number of hydrogen-bond acceptors (Lipinski definition) is 2. The van der Waals surface area contributed by atoms with Gasteiger partial charge in [0.2, 0.25) is 0 Å². The van der Waals surface area contributed by atoms with Crippen LogP contribution in [0.1, 0.15) is 29.8 Å². The molecule has 0 saturated carbocycles. The van der Waals surface area contributed by atoms with E-state index in [2.05, 4.69) is 15.9 Å². The van der Waals surface area contributed by atoms with E-state index in [1.165, 1.54) is 0 Å². The van der Waals surface area contributed by atoms with Gasteiger partial charge in [-0.05, 0) is 24.3 Å². The fourth-order valence-corrected chi connectivity index (χ4v) is 2.96. The number of benzene rings is 2. The van der Waals surface area contributed by atoms with Crippen molar-refractivity contribution in [2.24, 2.45) is 0 Å². The predicted octanol–water partition coefficient (Wildman–Crippen LogP) is 4.66. The van der Waals surface area contributed by atoms with Crippen LogP contribution < -0.4 is 4.74 Å². The van der Waals surface area contributed by atoms with Gasteiger partial charge in [0.05, 0.1) is 6.10 Å². The molecule has 1 heterocycles. The molecular weight excluding hydrogens is 328 g/mol. The second-order valence-corrected chi connectivity index (χ2v) is 5.88. The fourth-order valence-electron chi connectivity index (χ4n) is 2.35. The highest BCUT2D eigenvalue weighted by molar-refractivity contribution is 9.10. The Kier molecular flexibility index (Phi) is 3.52. The first-order valence-corrected chi connectivity index (χ1v) is 7.21. The molecule has 2 atom stereocenters. The highest BCUT2D eigenvalue weighted by atomic mass is 79.9. The zero-order valence-electron chi connectivity index (χ0n) is 10.0. The minimum absolute atomic E-state index is 0.227. The molecule has 1 aliphatic heterocycles. The molecule has 0 bridgehead atoms. The van der Waals surface area contributed by atoms with Crippen molar-refractivity contribution in [1.82, 2.24) is 0 Å². The smallest absolute Gasteiger partial charge is 0.128 e. The van der Waals surface area contributed by atoms with Gasteiger partial charge in [-0.3, -0.25) is 0 Å². The van der Waals surface area contributed by atoms with Crippen LogP contribution in [0.4, 0.5) is 0 Å². The third-order valence-electron chi connectivity index (χ3n) is 3.29. The van der Waals surface area contributed by atoms with Gasteiger partial charge in [0, 0.05) is 27.0 Å². The van der Waals surface area contributed by atoms with Gasteiger partial charge in [-0.2, -0.15) is 0 Å². The second kappa shape index (κ2) is 5.16. The van der Waals surface area contributed by atoms with Gasteiger partial charge in [-0.1, -0.05) is 45.7 Å². The van der Waals surface area contributed by atoms with Crippen LogP contribution >= 0.6 is 27.5 Å². The molecule has 2 aromatic rings. The molecule has 19 heavy (non-hydrogen) atoms. The van der Waals surface area contributed by atoms with E-state index in [9.17, 15) is 5.11 Å². The summed E-state index contributed by atoms with van der Waals surface area (Å²) in [6.45, 7) is 0. The molecule has 0 fully saturated rings. The van der Waals surface area contributed by atoms with Crippen molar-refractivity contribution in [2.75, 3.05) is 0 Å². The van der Waals surface area contributed by atoms with E-state index in [4.69, 9.17) is 16.3 Å². The first-order valence-electron chi connectivity index (χ1n) is 6.04. The predicted molar refractivity (Wildman–Crippen MR) is 78.5 cm³/mol. The van der Waals surface area contributed by atoms with Crippen LogP contribution in [-0.4, -0.2) is 5.11 Å². The molecule has 0 saturated heterocycles. The van der Waals surface area contributed by atoms with Crippen molar-refractivity contribution < 1.29 is 9.84 Å². The first-order chi connectivity index (χ1) is 9.15. The second-order valence-electron chi connectivity index (χ2n) is 4.56. The molecule has 1 N–H and O–H groups in total. The molecule has 0 aromatic heterocycles. The Morgan fingerprint density at radius 3 is 2.79 bits per heavy atom. The SMILES string of the molecule is O[C@@H]1CC(c2cc(Br)ccc2Cl)Oc2ccccc21. The van der Waals surface area contributed by atoms with Gasteiger partial charge < -0.3 is 9.84 Å². The average molecular weight is 340 g/mol. The molecular formula is C15H12BrClO2. The van der Waals surface area contributed by atoms with Crippen LogP contribution in [-0.2, 0) is 0 Å². The summed E-state index contributed by atoms with van der Waals surface area (Å²) in [6.07, 6.45) is -0.243. The van der Waals surface area contributed by atoms with E-state index in [1.54, 1.807) is 0 Å². The summed E-state index contributed by atoms with van der Waals surface area (Å²) >= 11 is 9.65. The molecule has 0 aliphatic carbocycles. The van der Waals surface area contributed by atoms with E-state index in [0.717, 1.165) is 21.3 Å². The maximum absolute atomic E-state index is 10.2. The van der Waals surface area contributed by atoms with Gasteiger partial charge in [0.15, 0.2) is 0 Å². The largest absolute Gasteiger partial charge is 0.485 e. The van der Waals surface area contributed by atoms with Crippen LogP contribution in [0.15, 0.2) is 46.9 Å². The van der Waals surface area contributed by atoms with Gasteiger partial charge in [-0.15, -0.1) is 0 Å². The fraction of sp³-hybridized carbons (Fsp3) is 0.200. The van der Waals surface area contributed by atoms with Crippen molar-refractivity contribution >= 4 is 27.5 Å². The molecule has 0 amide bonds. The van der Waals surface area contributed by atoms with Crippen LogP contribution in [0, 0.1) is 0 Å². The monoisotopic (exact) mass is 338 g/mol. The number of aliphatic hydroxyl groups is 1. The lowest BCUT2D eigenvalue weighted by Crippen LogP contribution is -2.19. The third kappa shape index (κ3) is 2.50. The van der Waals surface area contributed by atoms with Gasteiger partial charge in [0.1, 0.15) is 11.9 Å². The van der Waals surface area contributed by atoms with Crippen molar-refractivity contribution in [3.8, 4) is 5.75 Å². The summed E-state index contributed by atoms with van der Waals surface area (Å²) in [4.78, 5) is 0. The van der Waals surface area contributed by atoms with Crippen molar-refractivity contribution in [1.29, 1.82) is 0 Å². The van der Waals surface area contributed by atoms with E-state index in [1.807, 2.05) is 42.5 Å². The number of ether oxygens (including phenoxy) is 1. The van der Waals surface area contributed by atoms with Crippen LogP contribution in [0.3, 0.4) is 0 Å². The lowest BCUT2D eigenvalue weighted by atomic mass is 9.95. The molecule has 0 spiro atoms. The van der Waals surface area contributed by atoms with E-state index >= 15 is 0 Å². The zero-order valence-corrected chi connectivity index (χ0v) is 12.4. The van der Waals surface area contributed by atoms with Crippen LogP contribution in [0.5, 0.6) is 5.75 Å². The highest BCUT2D eigenvalue weighted by Crippen LogP contribution is 2.42. The van der Waals surface area contributed by atoms with Crippen molar-refractivity contribution in [2.45, 2.75) is 18.6 Å². The number of para-hydroxylation sites is 1. The first kappa shape index (κ1) is 13.0. The normalized spacial score (nSPS) is 21.6. The number of rotatable bonds is 1. The summed E-state index contributed by atoms with van der Waals surface area (Å²) in [7, 11) is 0. The lowest BCUT2D eigenvalue weighted by molar-refractivity contribution is 0.0658. The van der Waals surface area contributed by atoms with Gasteiger partial charge in [0.25, 0.3) is 0 Å². The van der Waals surface area contributed by atoms with Crippen LogP contribution in [0.2, 0.25) is 5.02 Å². The Balaban J connectivity index is 1.99. The summed E-state index contributed by atoms with van der Waals surface area (Å²) in [5, 5.41) is 10.9. The third-order valence-corrected chi connectivity index (χ3v) is 4.13. The average Bonchev–Trinajstić information content (AvgIpc) is 2.41. The summed E-state index contributed by atoms with van der Waals surface area (Å²) in [5.41, 5.74) is 1.73. The lowest BCUT2D eigenvalue weighted by Gasteiger charge is -2.30. The Hall–Kier alpha value is -1.03. The molecule has 4 heteroatoms. The van der Waals surface area contributed by atoms with E-state index in [-0.39, 0.29) is 6.10 Å². The Labute approximate surface area is 125 Å². The topological polar surface area (TPSA) is 29.5 Å². The Morgan fingerprint density at radius 1 is 1.16 bits per heavy atom. The van der Waals surface area contributed by atoms with E-state index < -0.39 is 6.10 Å². The molecule has 3 rings (SSSR count). The molecule has 0 radical (unpaired) electrons. The molecule has 98 valence electrons. The maximum atomic E-state index is 10.2. The summed E-state index contributed by atoms with van der Waals surface area (Å²) in [5.74, 6) is 0.724. The standard InChI is InChI=1S/C15H12BrClO2/c16-9-5-6-12(17)11(7-9)15-8-13(18)10-3-1-2-4-14(10)19-15/h1-7,13,15,18H,8H2/t13-,15?/m1/s1. The zero-order chi connectivity index (χ0) is 13.4. The Bertz CT molecular complexity index is 615. The number of aliphatic hydroxyl groups excluding tert-OH is 1. The minimum Gasteiger partial charge on any atom is -0.485 e.